The van der Waals surface area contributed by atoms with Crippen molar-refractivity contribution in [1.29, 1.82) is 0 Å². The summed E-state index contributed by atoms with van der Waals surface area (Å²) in [6, 6.07) is 20.6. The Kier molecular flexibility index (Phi) is 5.88. The Labute approximate surface area is 200 Å². The molecule has 1 amide bonds. The van der Waals surface area contributed by atoms with E-state index in [0.717, 1.165) is 21.0 Å². The van der Waals surface area contributed by atoms with Gasteiger partial charge in [-0.25, -0.2) is 10.5 Å². The minimum absolute atomic E-state index is 0.00580. The zero-order chi connectivity index (χ0) is 22.9. The van der Waals surface area contributed by atoms with Gasteiger partial charge in [-0.3, -0.25) is 14.5 Å². The van der Waals surface area contributed by atoms with E-state index in [-0.39, 0.29) is 24.3 Å². The first kappa shape index (κ1) is 21.6. The number of benzene rings is 3. The van der Waals surface area contributed by atoms with Crippen molar-refractivity contribution >= 4 is 46.4 Å². The SMILES string of the molecule is CC(=O)c1ccc2c(c1)N(C(=O)CNN1N=NCC1c1ccc(Cl)cc1)c1ccccc1S2. The number of amides is 1. The van der Waals surface area contributed by atoms with Crippen LogP contribution in [0.2, 0.25) is 5.02 Å². The lowest BCUT2D eigenvalue weighted by molar-refractivity contribution is -0.118. The van der Waals surface area contributed by atoms with Gasteiger partial charge in [-0.2, -0.15) is 5.11 Å². The van der Waals surface area contributed by atoms with Gasteiger partial charge in [0.05, 0.1) is 24.5 Å². The molecule has 166 valence electrons. The van der Waals surface area contributed by atoms with Crippen molar-refractivity contribution in [2.75, 3.05) is 18.0 Å². The van der Waals surface area contributed by atoms with Gasteiger partial charge in [-0.05, 0) is 48.9 Å². The van der Waals surface area contributed by atoms with E-state index in [2.05, 4.69) is 15.8 Å². The normalized spacial score (nSPS) is 16.5. The van der Waals surface area contributed by atoms with Crippen LogP contribution in [0.5, 0.6) is 0 Å². The molecule has 2 heterocycles. The van der Waals surface area contributed by atoms with Crippen molar-refractivity contribution in [3.8, 4) is 0 Å². The second kappa shape index (κ2) is 8.97. The van der Waals surface area contributed by atoms with Gasteiger partial charge >= 0.3 is 0 Å². The fraction of sp³-hybridized carbons (Fsp3) is 0.167. The fourth-order valence-electron chi connectivity index (χ4n) is 3.87. The summed E-state index contributed by atoms with van der Waals surface area (Å²) >= 11 is 7.59. The molecule has 1 atom stereocenters. The lowest BCUT2D eigenvalue weighted by Gasteiger charge is -2.32. The number of Topliss-reactive ketones (excluding diaryl/α,β-unsaturated/α-hetero) is 1. The molecule has 0 radical (unpaired) electrons. The van der Waals surface area contributed by atoms with Crippen LogP contribution in [0.15, 0.2) is 86.9 Å². The van der Waals surface area contributed by atoms with Gasteiger partial charge in [0.1, 0.15) is 6.04 Å². The number of halogens is 1. The first-order valence-electron chi connectivity index (χ1n) is 10.4. The Morgan fingerprint density at radius 3 is 2.61 bits per heavy atom. The number of carbonyl (C=O) groups is 2. The van der Waals surface area contributed by atoms with E-state index in [1.165, 1.54) is 6.92 Å². The molecule has 1 unspecified atom stereocenters. The zero-order valence-electron chi connectivity index (χ0n) is 17.7. The second-order valence-corrected chi connectivity index (χ2v) is 9.22. The molecule has 2 aliphatic heterocycles. The van der Waals surface area contributed by atoms with Crippen molar-refractivity contribution < 1.29 is 9.59 Å². The van der Waals surface area contributed by atoms with Crippen LogP contribution in [0.4, 0.5) is 11.4 Å². The number of rotatable bonds is 5. The van der Waals surface area contributed by atoms with Crippen LogP contribution in [0.1, 0.15) is 28.9 Å². The summed E-state index contributed by atoms with van der Waals surface area (Å²) in [5.41, 5.74) is 6.18. The van der Waals surface area contributed by atoms with Crippen molar-refractivity contribution in [1.82, 2.24) is 10.5 Å². The number of hydrazine groups is 1. The van der Waals surface area contributed by atoms with Gasteiger partial charge < -0.3 is 0 Å². The third-order valence-electron chi connectivity index (χ3n) is 5.54. The molecule has 9 heteroatoms. The van der Waals surface area contributed by atoms with E-state index in [4.69, 9.17) is 11.6 Å². The highest BCUT2D eigenvalue weighted by Gasteiger charge is 2.30. The number of fused-ring (bicyclic) bond motifs is 2. The van der Waals surface area contributed by atoms with Crippen molar-refractivity contribution in [2.45, 2.75) is 22.8 Å². The van der Waals surface area contributed by atoms with Gasteiger partial charge in [0.25, 0.3) is 0 Å². The Morgan fingerprint density at radius 2 is 1.82 bits per heavy atom. The Balaban J connectivity index is 1.40. The minimum Gasteiger partial charge on any atom is -0.295 e. The molecule has 2 aliphatic rings. The average Bonchev–Trinajstić information content (AvgIpc) is 3.29. The van der Waals surface area contributed by atoms with Crippen molar-refractivity contribution in [3.05, 3.63) is 82.9 Å². The van der Waals surface area contributed by atoms with E-state index in [1.807, 2.05) is 54.6 Å². The van der Waals surface area contributed by atoms with Crippen LogP contribution in [0, 0.1) is 0 Å². The van der Waals surface area contributed by atoms with Crippen molar-refractivity contribution in [3.63, 3.8) is 0 Å². The molecule has 7 nitrogen and oxygen atoms in total. The summed E-state index contributed by atoms with van der Waals surface area (Å²) in [5, 5.41) is 10.5. The van der Waals surface area contributed by atoms with Gasteiger partial charge in [-0.15, -0.1) is 0 Å². The Morgan fingerprint density at radius 1 is 1.06 bits per heavy atom. The summed E-state index contributed by atoms with van der Waals surface area (Å²) < 4.78 is 0. The number of nitrogens with one attached hydrogen (secondary N) is 1. The van der Waals surface area contributed by atoms with Gasteiger partial charge in [-0.1, -0.05) is 58.9 Å². The van der Waals surface area contributed by atoms with Gasteiger partial charge in [0.15, 0.2) is 5.78 Å². The molecule has 0 aromatic heterocycles. The van der Waals surface area contributed by atoms with E-state index in [9.17, 15) is 9.59 Å². The molecule has 0 aliphatic carbocycles. The number of carbonyl (C=O) groups excluding carboxylic acids is 2. The standard InChI is InChI=1S/C24H20ClN5O2S/c1-15(31)17-8-11-23-20(12-17)29(19-4-2-3-5-22(19)33-23)24(32)14-27-30-21(13-26-28-30)16-6-9-18(25)10-7-16/h2-12,21,27H,13-14H2,1H3. The lowest BCUT2D eigenvalue weighted by Crippen LogP contribution is -2.43. The zero-order valence-corrected chi connectivity index (χ0v) is 19.3. The summed E-state index contributed by atoms with van der Waals surface area (Å²) in [5.74, 6) is -0.211. The van der Waals surface area contributed by atoms with Crippen LogP contribution in [0.3, 0.4) is 0 Å². The molecule has 33 heavy (non-hydrogen) atoms. The summed E-state index contributed by atoms with van der Waals surface area (Å²) in [4.78, 5) is 29.1. The maximum Gasteiger partial charge on any atom is 0.247 e. The van der Waals surface area contributed by atoms with Crippen molar-refractivity contribution in [2.24, 2.45) is 10.3 Å². The molecule has 3 aromatic rings. The monoisotopic (exact) mass is 477 g/mol. The maximum absolute atomic E-state index is 13.5. The number of para-hydroxylation sites is 1. The smallest absolute Gasteiger partial charge is 0.247 e. The molecule has 0 spiro atoms. The highest BCUT2D eigenvalue weighted by molar-refractivity contribution is 7.99. The predicted octanol–water partition coefficient (Wildman–Crippen LogP) is 5.60. The van der Waals surface area contributed by atoms with Crippen LogP contribution < -0.4 is 10.3 Å². The molecule has 0 saturated carbocycles. The third-order valence-corrected chi connectivity index (χ3v) is 6.92. The maximum atomic E-state index is 13.5. The molecular weight excluding hydrogens is 458 g/mol. The number of hydrogen-bond acceptors (Lipinski definition) is 7. The Hall–Kier alpha value is -3.20. The highest BCUT2D eigenvalue weighted by Crippen LogP contribution is 2.48. The van der Waals surface area contributed by atoms with Crippen LogP contribution in [-0.4, -0.2) is 29.9 Å². The molecule has 1 N–H and O–H groups in total. The Bertz CT molecular complexity index is 1260. The molecule has 0 bridgehead atoms. The third kappa shape index (κ3) is 4.25. The molecule has 0 fully saturated rings. The number of ketones is 1. The first-order valence-corrected chi connectivity index (χ1v) is 11.6. The lowest BCUT2D eigenvalue weighted by atomic mass is 10.1. The predicted molar refractivity (Wildman–Crippen MR) is 128 cm³/mol. The molecular formula is C24H20ClN5O2S. The van der Waals surface area contributed by atoms with Gasteiger partial charge in [0, 0.05) is 20.4 Å². The summed E-state index contributed by atoms with van der Waals surface area (Å²) in [6.45, 7) is 2.01. The van der Waals surface area contributed by atoms with Crippen LogP contribution in [-0.2, 0) is 4.79 Å². The van der Waals surface area contributed by atoms with E-state index >= 15 is 0 Å². The summed E-state index contributed by atoms with van der Waals surface area (Å²) in [6.07, 6.45) is 0. The molecule has 5 rings (SSSR count). The second-order valence-electron chi connectivity index (χ2n) is 7.70. The fourth-order valence-corrected chi connectivity index (χ4v) is 5.03. The van der Waals surface area contributed by atoms with E-state index in [0.29, 0.717) is 22.8 Å². The molecule has 0 saturated heterocycles. The molecule has 3 aromatic carbocycles. The van der Waals surface area contributed by atoms with Gasteiger partial charge in [0.2, 0.25) is 5.91 Å². The minimum atomic E-state index is -0.165. The topological polar surface area (TPSA) is 77.4 Å². The number of anilines is 2. The largest absolute Gasteiger partial charge is 0.295 e. The highest BCUT2D eigenvalue weighted by atomic mass is 35.5. The van der Waals surface area contributed by atoms with E-state index in [1.54, 1.807) is 33.9 Å². The van der Waals surface area contributed by atoms with E-state index < -0.39 is 0 Å². The number of hydrogen-bond donors (Lipinski definition) is 1. The van der Waals surface area contributed by atoms with Crippen LogP contribution in [0.25, 0.3) is 0 Å². The quantitative estimate of drug-likeness (QED) is 0.484. The van der Waals surface area contributed by atoms with Crippen LogP contribution >= 0.6 is 23.4 Å². The first-order chi connectivity index (χ1) is 16.0. The average molecular weight is 478 g/mol. The number of nitrogens with zero attached hydrogens (tertiary/aromatic N) is 4. The summed E-state index contributed by atoms with van der Waals surface area (Å²) in [7, 11) is 0.